The number of sulfonamides is 1. The molecule has 0 fully saturated rings. The summed E-state index contributed by atoms with van der Waals surface area (Å²) in [5.41, 5.74) is 1.34. The highest BCUT2D eigenvalue weighted by molar-refractivity contribution is 7.89. The van der Waals surface area contributed by atoms with Crippen LogP contribution in [0.15, 0.2) is 34.2 Å². The van der Waals surface area contributed by atoms with Gasteiger partial charge in [-0.2, -0.15) is 4.31 Å². The van der Waals surface area contributed by atoms with E-state index in [0.717, 1.165) is 29.3 Å². The zero-order valence-corrected chi connectivity index (χ0v) is 14.1. The van der Waals surface area contributed by atoms with Crippen LogP contribution in [0.25, 0.3) is 0 Å². The molecular formula is C15H16FN3O5S. The van der Waals surface area contributed by atoms with E-state index in [2.05, 4.69) is 5.32 Å². The van der Waals surface area contributed by atoms with Crippen LogP contribution in [-0.2, 0) is 14.8 Å². The van der Waals surface area contributed by atoms with E-state index in [1.165, 1.54) is 16.1 Å². The topological polar surface area (TPSA) is 107 Å². The summed E-state index contributed by atoms with van der Waals surface area (Å²) in [4.78, 5) is 23.2. The number of carbonyl (C=O) groups is 2. The van der Waals surface area contributed by atoms with E-state index in [4.69, 9.17) is 5.11 Å². The third kappa shape index (κ3) is 3.22. The van der Waals surface area contributed by atoms with Crippen LogP contribution in [0.2, 0.25) is 0 Å². The first kappa shape index (κ1) is 17.4. The number of amides is 2. The number of hydrogen-bond donors (Lipinski definition) is 2. The molecule has 10 heteroatoms. The first-order chi connectivity index (χ1) is 11.7. The van der Waals surface area contributed by atoms with Crippen LogP contribution >= 0.6 is 0 Å². The Bertz CT molecular complexity index is 878. The van der Waals surface area contributed by atoms with Gasteiger partial charge < -0.3 is 15.3 Å². The molecule has 0 atom stereocenters. The number of hydrogen-bond acceptors (Lipinski definition) is 4. The molecule has 1 aromatic carbocycles. The van der Waals surface area contributed by atoms with Gasteiger partial charge in [-0.25, -0.2) is 17.6 Å². The fourth-order valence-electron chi connectivity index (χ4n) is 2.95. The molecule has 0 saturated heterocycles. The predicted octanol–water partition coefficient (Wildman–Crippen LogP) is 1.08. The Kier molecular flexibility index (Phi) is 4.25. The molecule has 0 unspecified atom stereocenters. The molecule has 2 aliphatic heterocycles. The lowest BCUT2D eigenvalue weighted by molar-refractivity contribution is -0.114. The number of nitrogens with one attached hydrogen (secondary N) is 1. The van der Waals surface area contributed by atoms with Gasteiger partial charge in [0.2, 0.25) is 15.9 Å². The lowest BCUT2D eigenvalue weighted by Crippen LogP contribution is -2.35. The van der Waals surface area contributed by atoms with Gasteiger partial charge in [0.15, 0.2) is 0 Å². The van der Waals surface area contributed by atoms with Gasteiger partial charge >= 0.3 is 6.09 Å². The second-order valence-electron chi connectivity index (χ2n) is 5.94. The summed E-state index contributed by atoms with van der Waals surface area (Å²) in [7, 11) is -3.89. The van der Waals surface area contributed by atoms with E-state index < -0.39 is 27.8 Å². The molecule has 0 bridgehead atoms. The molecule has 134 valence electrons. The van der Waals surface area contributed by atoms with Gasteiger partial charge in [-0.05, 0) is 29.3 Å². The summed E-state index contributed by atoms with van der Waals surface area (Å²) in [5.74, 6) is -1.24. The average molecular weight is 369 g/mol. The monoisotopic (exact) mass is 369 g/mol. The number of rotatable bonds is 3. The van der Waals surface area contributed by atoms with Crippen molar-refractivity contribution >= 4 is 27.7 Å². The molecule has 25 heavy (non-hydrogen) atoms. The maximum Gasteiger partial charge on any atom is 0.407 e. The predicted molar refractivity (Wildman–Crippen MR) is 86.1 cm³/mol. The minimum absolute atomic E-state index is 0.105. The van der Waals surface area contributed by atoms with Crippen LogP contribution in [0.4, 0.5) is 14.9 Å². The van der Waals surface area contributed by atoms with E-state index in [1.807, 2.05) is 0 Å². The molecule has 0 aliphatic carbocycles. The highest BCUT2D eigenvalue weighted by Gasteiger charge is 2.37. The molecule has 0 radical (unpaired) electrons. The average Bonchev–Trinajstić information content (AvgIpc) is 3.07. The number of nitrogens with zero attached hydrogens (tertiary/aromatic N) is 2. The van der Waals surface area contributed by atoms with Crippen LogP contribution in [0.1, 0.15) is 6.92 Å². The summed E-state index contributed by atoms with van der Waals surface area (Å²) >= 11 is 0. The largest absolute Gasteiger partial charge is 0.465 e. The fraction of sp³-hybridized carbons (Fsp3) is 0.333. The summed E-state index contributed by atoms with van der Waals surface area (Å²) in [6.45, 7) is 1.79. The molecule has 8 nitrogen and oxygen atoms in total. The second-order valence-corrected chi connectivity index (χ2v) is 7.88. The van der Waals surface area contributed by atoms with E-state index in [9.17, 15) is 22.4 Å². The first-order valence-electron chi connectivity index (χ1n) is 7.43. The van der Waals surface area contributed by atoms with Gasteiger partial charge in [-0.3, -0.25) is 4.79 Å². The van der Waals surface area contributed by atoms with Crippen molar-refractivity contribution in [3.63, 3.8) is 0 Å². The lowest BCUT2D eigenvalue weighted by Gasteiger charge is -2.21. The minimum Gasteiger partial charge on any atom is -0.465 e. The number of anilines is 1. The highest BCUT2D eigenvalue weighted by atomic mass is 32.2. The number of carboxylic acid groups (broad SMARTS) is 1. The van der Waals surface area contributed by atoms with Gasteiger partial charge in [0.05, 0.1) is 10.6 Å². The van der Waals surface area contributed by atoms with Crippen molar-refractivity contribution in [3.8, 4) is 0 Å². The van der Waals surface area contributed by atoms with Crippen LogP contribution in [0.3, 0.4) is 0 Å². The Morgan fingerprint density at radius 1 is 1.16 bits per heavy atom. The summed E-state index contributed by atoms with van der Waals surface area (Å²) in [6.07, 6.45) is -1.04. The standard InChI is InChI=1S/C15H16FN3O5S/c1-9(20)17-14-4-12(2-3-13(14)16)25(23,24)19-7-10-5-18(15(21)22)6-11(10)8-19/h2-4H,5-8H2,1H3,(H,17,20)(H,21,22). The summed E-state index contributed by atoms with van der Waals surface area (Å²) in [5, 5.41) is 11.3. The molecular weight excluding hydrogens is 353 g/mol. The Balaban J connectivity index is 1.80. The molecule has 2 N–H and O–H groups in total. The van der Waals surface area contributed by atoms with Crippen molar-refractivity contribution in [1.82, 2.24) is 9.21 Å². The molecule has 3 rings (SSSR count). The van der Waals surface area contributed by atoms with Crippen LogP contribution in [-0.4, -0.2) is 60.9 Å². The third-order valence-corrected chi connectivity index (χ3v) is 5.94. The number of carbonyl (C=O) groups excluding carboxylic acids is 1. The summed E-state index contributed by atoms with van der Waals surface area (Å²) in [6, 6.07) is 3.21. The van der Waals surface area contributed by atoms with Gasteiger partial charge in [0.1, 0.15) is 5.82 Å². The van der Waals surface area contributed by atoms with Crippen molar-refractivity contribution in [1.29, 1.82) is 0 Å². The molecule has 1 aromatic rings. The maximum absolute atomic E-state index is 13.7. The van der Waals surface area contributed by atoms with Crippen LogP contribution in [0, 0.1) is 5.82 Å². The zero-order valence-electron chi connectivity index (χ0n) is 13.3. The first-order valence-corrected chi connectivity index (χ1v) is 8.87. The number of benzene rings is 1. The van der Waals surface area contributed by atoms with Gasteiger partial charge in [-0.15, -0.1) is 0 Å². The fourth-order valence-corrected chi connectivity index (χ4v) is 4.41. The van der Waals surface area contributed by atoms with E-state index in [1.54, 1.807) is 0 Å². The van der Waals surface area contributed by atoms with Gasteiger partial charge in [-0.1, -0.05) is 0 Å². The second kappa shape index (κ2) is 6.12. The van der Waals surface area contributed by atoms with Crippen LogP contribution < -0.4 is 5.32 Å². The molecule has 0 aromatic heterocycles. The lowest BCUT2D eigenvalue weighted by atomic mass is 10.2. The van der Waals surface area contributed by atoms with Gasteiger partial charge in [0, 0.05) is 33.1 Å². The Morgan fingerprint density at radius 3 is 2.28 bits per heavy atom. The third-order valence-electron chi connectivity index (χ3n) is 4.15. The smallest absolute Gasteiger partial charge is 0.407 e. The molecule has 2 amide bonds. The number of halogens is 1. The van der Waals surface area contributed by atoms with Crippen molar-refractivity contribution in [2.24, 2.45) is 0 Å². The Labute approximate surface area is 143 Å². The van der Waals surface area contributed by atoms with Crippen molar-refractivity contribution < 1.29 is 27.5 Å². The quantitative estimate of drug-likeness (QED) is 0.776. The SMILES string of the molecule is CC(=O)Nc1cc(S(=O)(=O)N2CC3=C(CN(C(=O)O)C3)C2)ccc1F. The Hall–Kier alpha value is -2.46. The van der Waals surface area contributed by atoms with Crippen molar-refractivity contribution in [2.45, 2.75) is 11.8 Å². The minimum atomic E-state index is -3.89. The molecule has 0 spiro atoms. The Morgan fingerprint density at radius 2 is 1.76 bits per heavy atom. The molecule has 0 saturated carbocycles. The van der Waals surface area contributed by atoms with E-state index >= 15 is 0 Å². The molecule has 2 aliphatic rings. The zero-order chi connectivity index (χ0) is 18.4. The van der Waals surface area contributed by atoms with E-state index in [-0.39, 0.29) is 36.8 Å². The highest BCUT2D eigenvalue weighted by Crippen LogP contribution is 2.31. The van der Waals surface area contributed by atoms with E-state index in [0.29, 0.717) is 0 Å². The molecule has 2 heterocycles. The van der Waals surface area contributed by atoms with Crippen molar-refractivity contribution in [3.05, 3.63) is 35.2 Å². The maximum atomic E-state index is 13.7. The normalized spacial score (nSPS) is 17.8. The van der Waals surface area contributed by atoms with Gasteiger partial charge in [0.25, 0.3) is 0 Å². The summed E-state index contributed by atoms with van der Waals surface area (Å²) < 4.78 is 40.5. The van der Waals surface area contributed by atoms with Crippen molar-refractivity contribution in [2.75, 3.05) is 31.5 Å². The van der Waals surface area contributed by atoms with Crippen LogP contribution in [0.5, 0.6) is 0 Å².